The minimum Gasteiger partial charge on any atom is -1.00 e. The number of carbonyl (C=O) groups is 2. The first-order valence-electron chi connectivity index (χ1n) is 4.26. The van der Waals surface area contributed by atoms with Crippen LogP contribution in [0.5, 0.6) is 0 Å². The fourth-order valence-electron chi connectivity index (χ4n) is 0.877. The molecule has 0 aliphatic carbocycles. The van der Waals surface area contributed by atoms with Crippen molar-refractivity contribution in [2.24, 2.45) is 0 Å². The Morgan fingerprint density at radius 1 is 1.12 bits per heavy atom. The standard InChI is InChI=1S/C10H11NO3S.ClH/c1-15(2,14)10(13)11-9(12)8-6-4-3-5-7-8;/h3-7H,1-2H3;1H. The first kappa shape index (κ1) is 14.8. The van der Waals surface area contributed by atoms with E-state index in [1.54, 1.807) is 30.3 Å². The van der Waals surface area contributed by atoms with Gasteiger partial charge in [0.1, 0.15) is 12.5 Å². The van der Waals surface area contributed by atoms with Crippen LogP contribution in [0, 0.1) is 0 Å². The van der Waals surface area contributed by atoms with Gasteiger partial charge in [-0.1, -0.05) is 22.4 Å². The zero-order chi connectivity index (χ0) is 11.5. The molecule has 88 valence electrons. The van der Waals surface area contributed by atoms with E-state index in [1.807, 2.05) is 0 Å². The highest BCUT2D eigenvalue weighted by molar-refractivity contribution is 8.15. The topological polar surface area (TPSA) is 63.2 Å². The van der Waals surface area contributed by atoms with Crippen LogP contribution in [0.1, 0.15) is 10.4 Å². The molecule has 0 bridgehead atoms. The van der Waals surface area contributed by atoms with Crippen molar-refractivity contribution in [3.8, 4) is 0 Å². The minimum atomic E-state index is -2.63. The average Bonchev–Trinajstić information content (AvgIpc) is 2.17. The van der Waals surface area contributed by atoms with Crippen LogP contribution < -0.4 is 17.7 Å². The molecule has 6 heteroatoms. The largest absolute Gasteiger partial charge is 1.00 e. The van der Waals surface area contributed by atoms with Gasteiger partial charge in [0.25, 0.3) is 5.91 Å². The summed E-state index contributed by atoms with van der Waals surface area (Å²) in [5.74, 6) is -0.531. The van der Waals surface area contributed by atoms with Crippen molar-refractivity contribution >= 4 is 21.1 Å². The second-order valence-electron chi connectivity index (χ2n) is 3.34. The quantitative estimate of drug-likeness (QED) is 0.613. The van der Waals surface area contributed by atoms with Gasteiger partial charge in [0, 0.05) is 5.56 Å². The Kier molecular flexibility index (Phi) is 5.33. The van der Waals surface area contributed by atoms with E-state index < -0.39 is 21.1 Å². The second-order valence-corrected chi connectivity index (χ2v) is 6.18. The normalized spacial score (nSPS) is 10.1. The van der Waals surface area contributed by atoms with E-state index in [-0.39, 0.29) is 12.4 Å². The number of rotatable bonds is 1. The minimum absolute atomic E-state index is 0. The van der Waals surface area contributed by atoms with Gasteiger partial charge < -0.3 is 12.4 Å². The first-order chi connectivity index (χ1) is 6.91. The third-order valence-electron chi connectivity index (χ3n) is 1.70. The van der Waals surface area contributed by atoms with Gasteiger partial charge in [-0.2, -0.15) is 0 Å². The van der Waals surface area contributed by atoms with Crippen LogP contribution in [0.4, 0.5) is 4.79 Å². The van der Waals surface area contributed by atoms with Crippen LogP contribution >= 0.6 is 0 Å². The molecule has 0 aliphatic heterocycles. The molecule has 0 aliphatic rings. The molecule has 0 heterocycles. The smallest absolute Gasteiger partial charge is 0.438 e. The summed E-state index contributed by atoms with van der Waals surface area (Å²) in [5, 5.41) is 1.34. The maximum absolute atomic E-state index is 11.4. The van der Waals surface area contributed by atoms with Gasteiger partial charge in [-0.05, 0) is 12.1 Å². The predicted octanol–water partition coefficient (Wildman–Crippen LogP) is -1.70. The summed E-state index contributed by atoms with van der Waals surface area (Å²) >= 11 is 0. The molecule has 1 aromatic rings. The van der Waals surface area contributed by atoms with Crippen LogP contribution in [-0.4, -0.2) is 23.7 Å². The predicted molar refractivity (Wildman–Crippen MR) is 59.2 cm³/mol. The molecule has 0 atom stereocenters. The molecule has 0 radical (unpaired) electrons. The van der Waals surface area contributed by atoms with Crippen molar-refractivity contribution in [2.45, 2.75) is 0 Å². The lowest BCUT2D eigenvalue weighted by atomic mass is 10.2. The fourth-order valence-corrected chi connectivity index (χ4v) is 1.22. The molecule has 16 heavy (non-hydrogen) atoms. The average molecular weight is 262 g/mol. The Morgan fingerprint density at radius 3 is 2.06 bits per heavy atom. The van der Waals surface area contributed by atoms with Gasteiger partial charge in [-0.3, -0.25) is 4.79 Å². The molecule has 1 rings (SSSR count). The molecule has 0 saturated carbocycles. The van der Waals surface area contributed by atoms with Gasteiger partial charge >= 0.3 is 5.24 Å². The molecule has 4 nitrogen and oxygen atoms in total. The molecule has 2 amide bonds. The fraction of sp³-hybridized carbons (Fsp3) is 0.200. The van der Waals surface area contributed by atoms with E-state index in [2.05, 4.69) is 5.32 Å². The number of hydrogen-bond donors (Lipinski definition) is 1. The van der Waals surface area contributed by atoms with Crippen LogP contribution in [-0.2, 0) is 14.1 Å². The molecule has 0 fully saturated rings. The highest BCUT2D eigenvalue weighted by atomic mass is 35.5. The summed E-state index contributed by atoms with van der Waals surface area (Å²) < 4.78 is 11.3. The molecular weight excluding hydrogens is 250 g/mol. The van der Waals surface area contributed by atoms with Crippen molar-refractivity contribution < 1.29 is 26.2 Å². The highest BCUT2D eigenvalue weighted by Gasteiger charge is 2.28. The number of hydrogen-bond acceptors (Lipinski definition) is 3. The number of benzene rings is 1. The van der Waals surface area contributed by atoms with Crippen molar-refractivity contribution in [1.82, 2.24) is 5.32 Å². The molecular formula is C10H12ClNO3S. The Balaban J connectivity index is 0.00000225. The van der Waals surface area contributed by atoms with Crippen molar-refractivity contribution in [2.75, 3.05) is 12.5 Å². The van der Waals surface area contributed by atoms with Crippen molar-refractivity contribution in [3.63, 3.8) is 0 Å². The number of carbonyl (C=O) groups excluding carboxylic acids is 2. The number of amides is 2. The van der Waals surface area contributed by atoms with Gasteiger partial charge in [-0.25, -0.2) is 10.1 Å². The van der Waals surface area contributed by atoms with Gasteiger partial charge in [0.15, 0.2) is 9.93 Å². The Morgan fingerprint density at radius 2 is 1.62 bits per heavy atom. The van der Waals surface area contributed by atoms with E-state index in [0.717, 1.165) is 0 Å². The summed E-state index contributed by atoms with van der Waals surface area (Å²) in [6.07, 6.45) is 2.58. The van der Waals surface area contributed by atoms with Crippen LogP contribution in [0.2, 0.25) is 0 Å². The van der Waals surface area contributed by atoms with Crippen LogP contribution in [0.3, 0.4) is 0 Å². The lowest BCUT2D eigenvalue weighted by Crippen LogP contribution is -3.00. The summed E-state index contributed by atoms with van der Waals surface area (Å²) in [5.41, 5.74) is 0.370. The maximum atomic E-state index is 11.4. The third-order valence-corrected chi connectivity index (χ3v) is 2.69. The van der Waals surface area contributed by atoms with E-state index in [9.17, 15) is 13.8 Å². The summed E-state index contributed by atoms with van der Waals surface area (Å²) in [6, 6.07) is 8.30. The highest BCUT2D eigenvalue weighted by Crippen LogP contribution is 2.00. The van der Waals surface area contributed by atoms with E-state index in [0.29, 0.717) is 5.56 Å². The first-order valence-corrected chi connectivity index (χ1v) is 6.63. The number of nitrogens with one attached hydrogen (secondary N) is 1. The summed E-state index contributed by atoms with van der Waals surface area (Å²) in [7, 11) is -2.63. The number of halogens is 1. The van der Waals surface area contributed by atoms with Crippen LogP contribution in [0.15, 0.2) is 30.3 Å². The van der Waals surface area contributed by atoms with Crippen molar-refractivity contribution in [1.29, 1.82) is 0 Å². The third kappa shape index (κ3) is 4.12. The SMILES string of the molecule is C[S+](C)(=O)C(=O)NC(=O)c1ccccc1.[Cl-]. The van der Waals surface area contributed by atoms with E-state index >= 15 is 0 Å². The lowest BCUT2D eigenvalue weighted by Gasteiger charge is -2.01. The summed E-state index contributed by atoms with van der Waals surface area (Å²) in [6.45, 7) is 0. The molecule has 0 unspecified atom stereocenters. The Labute approximate surface area is 101 Å². The molecule has 1 N–H and O–H groups in total. The molecule has 1 aromatic carbocycles. The monoisotopic (exact) mass is 261 g/mol. The maximum Gasteiger partial charge on any atom is 0.438 e. The lowest BCUT2D eigenvalue weighted by molar-refractivity contribution is -0.0000160. The van der Waals surface area contributed by atoms with E-state index in [1.165, 1.54) is 12.5 Å². The van der Waals surface area contributed by atoms with Gasteiger partial charge in [-0.15, -0.1) is 0 Å². The molecule has 0 saturated heterocycles. The zero-order valence-corrected chi connectivity index (χ0v) is 10.5. The Bertz CT molecular complexity index is 427. The van der Waals surface area contributed by atoms with E-state index in [4.69, 9.17) is 0 Å². The zero-order valence-electron chi connectivity index (χ0n) is 8.90. The summed E-state index contributed by atoms with van der Waals surface area (Å²) in [4.78, 5) is 22.7. The van der Waals surface area contributed by atoms with Crippen molar-refractivity contribution in [3.05, 3.63) is 35.9 Å². The Hall–Kier alpha value is -1.20. The van der Waals surface area contributed by atoms with Gasteiger partial charge in [0.05, 0.1) is 0 Å². The second kappa shape index (κ2) is 5.77. The molecule has 0 spiro atoms. The molecule has 0 aromatic heterocycles. The van der Waals surface area contributed by atoms with Crippen LogP contribution in [0.25, 0.3) is 0 Å². The van der Waals surface area contributed by atoms with Gasteiger partial charge in [0.2, 0.25) is 0 Å². The number of imide groups is 1.